The Morgan fingerprint density at radius 2 is 2.29 bits per heavy atom. The molecule has 0 aliphatic rings. The van der Waals surface area contributed by atoms with Crippen molar-refractivity contribution >= 4 is 0 Å². The van der Waals surface area contributed by atoms with Gasteiger partial charge in [-0.3, -0.25) is 0 Å². The van der Waals surface area contributed by atoms with Crippen LogP contribution in [-0.4, -0.2) is 30.9 Å². The molecule has 1 aromatic heterocycles. The fourth-order valence-electron chi connectivity index (χ4n) is 1.39. The predicted molar refractivity (Wildman–Crippen MR) is 66.7 cm³/mol. The topological polar surface area (TPSA) is 54.6 Å². The molecule has 1 rings (SSSR count). The molecule has 2 atom stereocenters. The summed E-state index contributed by atoms with van der Waals surface area (Å²) in [7, 11) is 0. The minimum absolute atomic E-state index is 0.328. The third kappa shape index (κ3) is 6.46. The molecule has 0 aliphatic carbocycles. The average molecular weight is 241 g/mol. The highest BCUT2D eigenvalue weighted by Gasteiger charge is 2.05. The summed E-state index contributed by atoms with van der Waals surface area (Å²) in [4.78, 5) is 0. The first kappa shape index (κ1) is 14.2. The van der Waals surface area contributed by atoms with Crippen molar-refractivity contribution < 1.29 is 14.3 Å². The molecule has 0 radical (unpaired) electrons. The summed E-state index contributed by atoms with van der Waals surface area (Å²) >= 11 is 0. The Balaban J connectivity index is 1.99. The molecule has 0 spiro atoms. The maximum Gasteiger partial charge on any atom is 0.129 e. The molecule has 0 aliphatic heterocycles. The summed E-state index contributed by atoms with van der Waals surface area (Å²) in [5.41, 5.74) is 0. The third-order valence-electron chi connectivity index (χ3n) is 2.70. The maximum atomic E-state index is 9.65. The lowest BCUT2D eigenvalue weighted by atomic mass is 10.1. The highest BCUT2D eigenvalue weighted by molar-refractivity contribution is 4.96. The molecule has 4 heteroatoms. The number of aliphatic hydroxyl groups is 1. The van der Waals surface area contributed by atoms with E-state index >= 15 is 0 Å². The van der Waals surface area contributed by atoms with Gasteiger partial charge >= 0.3 is 0 Å². The summed E-state index contributed by atoms with van der Waals surface area (Å²) in [5, 5.41) is 12.9. The Kier molecular flexibility index (Phi) is 6.93. The summed E-state index contributed by atoms with van der Waals surface area (Å²) in [6.07, 6.45) is 2.30. The SMILES string of the molecule is CCC(C)CNCC(O)COCc1ccco1. The van der Waals surface area contributed by atoms with E-state index in [2.05, 4.69) is 19.2 Å². The molecule has 1 aromatic rings. The van der Waals surface area contributed by atoms with Crippen LogP contribution in [-0.2, 0) is 11.3 Å². The highest BCUT2D eigenvalue weighted by Crippen LogP contribution is 2.02. The fourth-order valence-corrected chi connectivity index (χ4v) is 1.39. The first-order valence-electron chi connectivity index (χ1n) is 6.21. The lowest BCUT2D eigenvalue weighted by Crippen LogP contribution is -2.32. The Morgan fingerprint density at radius 1 is 1.47 bits per heavy atom. The van der Waals surface area contributed by atoms with E-state index in [-0.39, 0.29) is 0 Å². The lowest BCUT2D eigenvalue weighted by Gasteiger charge is -2.14. The van der Waals surface area contributed by atoms with E-state index in [0.717, 1.165) is 18.7 Å². The van der Waals surface area contributed by atoms with Crippen LogP contribution in [0.2, 0.25) is 0 Å². The molecule has 0 saturated heterocycles. The molecule has 98 valence electrons. The van der Waals surface area contributed by atoms with Crippen LogP contribution < -0.4 is 5.32 Å². The Morgan fingerprint density at radius 3 is 2.94 bits per heavy atom. The molecule has 0 aromatic carbocycles. The zero-order chi connectivity index (χ0) is 12.5. The van der Waals surface area contributed by atoms with Crippen molar-refractivity contribution in [1.82, 2.24) is 5.32 Å². The van der Waals surface area contributed by atoms with E-state index in [9.17, 15) is 5.11 Å². The van der Waals surface area contributed by atoms with Gasteiger partial charge in [-0.05, 0) is 24.6 Å². The summed E-state index contributed by atoms with van der Waals surface area (Å²) in [5.74, 6) is 1.43. The Labute approximate surface area is 103 Å². The van der Waals surface area contributed by atoms with Gasteiger partial charge < -0.3 is 19.6 Å². The van der Waals surface area contributed by atoms with Gasteiger partial charge in [-0.2, -0.15) is 0 Å². The average Bonchev–Trinajstić information content (AvgIpc) is 2.82. The van der Waals surface area contributed by atoms with Crippen molar-refractivity contribution in [2.75, 3.05) is 19.7 Å². The molecule has 1 heterocycles. The minimum Gasteiger partial charge on any atom is -0.467 e. The molecule has 2 unspecified atom stereocenters. The zero-order valence-electron chi connectivity index (χ0n) is 10.7. The van der Waals surface area contributed by atoms with Gasteiger partial charge in [-0.1, -0.05) is 20.3 Å². The van der Waals surface area contributed by atoms with E-state index in [1.165, 1.54) is 0 Å². The van der Waals surface area contributed by atoms with Gasteiger partial charge in [0, 0.05) is 6.54 Å². The third-order valence-corrected chi connectivity index (χ3v) is 2.70. The standard InChI is InChI=1S/C13H23NO3/c1-3-11(2)7-14-8-12(15)9-16-10-13-5-4-6-17-13/h4-6,11-12,14-15H,3,7-10H2,1-2H3. The molecule has 0 amide bonds. The zero-order valence-corrected chi connectivity index (χ0v) is 10.7. The van der Waals surface area contributed by atoms with Crippen molar-refractivity contribution in [2.24, 2.45) is 5.92 Å². The molecule has 0 bridgehead atoms. The molecular weight excluding hydrogens is 218 g/mol. The Hall–Kier alpha value is -0.840. The smallest absolute Gasteiger partial charge is 0.129 e. The van der Waals surface area contributed by atoms with Crippen LogP contribution in [0.5, 0.6) is 0 Å². The van der Waals surface area contributed by atoms with Crippen LogP contribution in [0.15, 0.2) is 22.8 Å². The first-order valence-corrected chi connectivity index (χ1v) is 6.21. The molecule has 0 saturated carbocycles. The van der Waals surface area contributed by atoms with E-state index in [4.69, 9.17) is 9.15 Å². The van der Waals surface area contributed by atoms with Gasteiger partial charge in [0.25, 0.3) is 0 Å². The largest absolute Gasteiger partial charge is 0.467 e. The van der Waals surface area contributed by atoms with E-state index < -0.39 is 6.10 Å². The van der Waals surface area contributed by atoms with Gasteiger partial charge in [0.2, 0.25) is 0 Å². The molecule has 17 heavy (non-hydrogen) atoms. The summed E-state index contributed by atoms with van der Waals surface area (Å²) in [6.45, 7) is 6.60. The van der Waals surface area contributed by atoms with Crippen LogP contribution in [0.1, 0.15) is 26.0 Å². The lowest BCUT2D eigenvalue weighted by molar-refractivity contribution is 0.0224. The van der Waals surface area contributed by atoms with Crippen molar-refractivity contribution in [3.05, 3.63) is 24.2 Å². The molecular formula is C13H23NO3. The van der Waals surface area contributed by atoms with Crippen molar-refractivity contribution in [3.63, 3.8) is 0 Å². The normalized spacial score (nSPS) is 14.8. The number of nitrogens with one attached hydrogen (secondary N) is 1. The van der Waals surface area contributed by atoms with Crippen molar-refractivity contribution in [2.45, 2.75) is 33.0 Å². The van der Waals surface area contributed by atoms with E-state index in [1.54, 1.807) is 6.26 Å². The number of hydrogen-bond donors (Lipinski definition) is 2. The second-order valence-electron chi connectivity index (χ2n) is 4.42. The minimum atomic E-state index is -0.464. The molecule has 2 N–H and O–H groups in total. The van der Waals surface area contributed by atoms with Crippen LogP contribution in [0, 0.1) is 5.92 Å². The van der Waals surface area contributed by atoms with Gasteiger partial charge in [-0.15, -0.1) is 0 Å². The van der Waals surface area contributed by atoms with Gasteiger partial charge in [-0.25, -0.2) is 0 Å². The van der Waals surface area contributed by atoms with Crippen LogP contribution in [0.3, 0.4) is 0 Å². The number of furan rings is 1. The molecule has 4 nitrogen and oxygen atoms in total. The van der Waals surface area contributed by atoms with E-state index in [1.807, 2.05) is 12.1 Å². The van der Waals surface area contributed by atoms with Gasteiger partial charge in [0.15, 0.2) is 0 Å². The van der Waals surface area contributed by atoms with Crippen LogP contribution in [0.4, 0.5) is 0 Å². The number of hydrogen-bond acceptors (Lipinski definition) is 4. The molecule has 0 fully saturated rings. The van der Waals surface area contributed by atoms with Gasteiger partial charge in [0.1, 0.15) is 12.4 Å². The predicted octanol–water partition coefficient (Wildman–Crippen LogP) is 1.79. The number of ether oxygens (including phenoxy) is 1. The first-order chi connectivity index (χ1) is 8.22. The second kappa shape index (κ2) is 8.28. The van der Waals surface area contributed by atoms with Gasteiger partial charge in [0.05, 0.1) is 19.0 Å². The van der Waals surface area contributed by atoms with E-state index in [0.29, 0.717) is 25.7 Å². The maximum absolute atomic E-state index is 9.65. The fraction of sp³-hybridized carbons (Fsp3) is 0.692. The van der Waals surface area contributed by atoms with Crippen molar-refractivity contribution in [1.29, 1.82) is 0 Å². The van der Waals surface area contributed by atoms with Crippen LogP contribution >= 0.6 is 0 Å². The summed E-state index contributed by atoms with van der Waals surface area (Å²) < 4.78 is 10.5. The number of rotatable bonds is 9. The Bertz CT molecular complexity index is 274. The quantitative estimate of drug-likeness (QED) is 0.692. The van der Waals surface area contributed by atoms with Crippen LogP contribution in [0.25, 0.3) is 0 Å². The number of aliphatic hydroxyl groups excluding tert-OH is 1. The monoisotopic (exact) mass is 241 g/mol. The highest BCUT2D eigenvalue weighted by atomic mass is 16.5. The van der Waals surface area contributed by atoms with Crippen molar-refractivity contribution in [3.8, 4) is 0 Å². The summed E-state index contributed by atoms with van der Waals surface area (Å²) in [6, 6.07) is 3.68. The second-order valence-corrected chi connectivity index (χ2v) is 4.42.